The topological polar surface area (TPSA) is 116 Å². The van der Waals surface area contributed by atoms with Gasteiger partial charge in [0.15, 0.2) is 5.82 Å². The van der Waals surface area contributed by atoms with Gasteiger partial charge in [0, 0.05) is 11.8 Å². The molecule has 0 fully saturated rings. The molecule has 0 saturated heterocycles. The van der Waals surface area contributed by atoms with Crippen LogP contribution in [0.3, 0.4) is 0 Å². The molecule has 0 radical (unpaired) electrons. The van der Waals surface area contributed by atoms with E-state index in [2.05, 4.69) is 10.5 Å². The maximum Gasteiger partial charge on any atom is 0.245 e. The second kappa shape index (κ2) is 6.50. The second-order valence-electron chi connectivity index (χ2n) is 4.80. The molecular formula is C14H14N4O4S. The number of hydrogen-bond acceptors (Lipinski definition) is 6. The van der Waals surface area contributed by atoms with Crippen molar-refractivity contribution in [3.63, 3.8) is 0 Å². The van der Waals surface area contributed by atoms with Crippen LogP contribution in [0.15, 0.2) is 34.9 Å². The highest BCUT2D eigenvalue weighted by atomic mass is 32.2. The molecule has 0 aliphatic rings. The number of nitrogens with one attached hydrogen (secondary N) is 1. The minimum atomic E-state index is -3.70. The van der Waals surface area contributed by atoms with Crippen LogP contribution in [0.1, 0.15) is 11.3 Å². The third kappa shape index (κ3) is 4.31. The maximum atomic E-state index is 12.1. The third-order valence-electron chi connectivity index (χ3n) is 2.86. The lowest BCUT2D eigenvalue weighted by atomic mass is 10.2. The SMILES string of the molecule is Cc1cc(N(CC(=O)Nc2ccc(C#N)cc2)S(C)(=O)=O)no1. The quantitative estimate of drug-likeness (QED) is 0.880. The van der Waals surface area contributed by atoms with Gasteiger partial charge in [0.2, 0.25) is 15.9 Å². The molecule has 0 bridgehead atoms. The molecule has 23 heavy (non-hydrogen) atoms. The van der Waals surface area contributed by atoms with E-state index in [-0.39, 0.29) is 5.82 Å². The molecule has 9 heteroatoms. The number of sulfonamides is 1. The molecule has 0 aliphatic heterocycles. The Balaban J connectivity index is 2.13. The van der Waals surface area contributed by atoms with E-state index < -0.39 is 22.5 Å². The zero-order valence-electron chi connectivity index (χ0n) is 12.5. The van der Waals surface area contributed by atoms with E-state index in [4.69, 9.17) is 9.78 Å². The van der Waals surface area contributed by atoms with Crippen LogP contribution in [-0.4, -0.2) is 32.3 Å². The third-order valence-corrected chi connectivity index (χ3v) is 3.97. The predicted octanol–water partition coefficient (Wildman–Crippen LogP) is 1.26. The first-order chi connectivity index (χ1) is 10.8. The van der Waals surface area contributed by atoms with E-state index in [0.29, 0.717) is 17.0 Å². The van der Waals surface area contributed by atoms with Crippen LogP contribution in [0.25, 0.3) is 0 Å². The largest absolute Gasteiger partial charge is 0.360 e. The van der Waals surface area contributed by atoms with E-state index in [1.807, 2.05) is 6.07 Å². The highest BCUT2D eigenvalue weighted by molar-refractivity contribution is 7.92. The highest BCUT2D eigenvalue weighted by Crippen LogP contribution is 2.17. The van der Waals surface area contributed by atoms with Gasteiger partial charge >= 0.3 is 0 Å². The van der Waals surface area contributed by atoms with Crippen molar-refractivity contribution in [2.45, 2.75) is 6.92 Å². The molecule has 2 rings (SSSR count). The fourth-order valence-corrected chi connectivity index (χ4v) is 2.58. The van der Waals surface area contributed by atoms with Gasteiger partial charge < -0.3 is 9.84 Å². The fraction of sp³-hybridized carbons (Fsp3) is 0.214. The molecular weight excluding hydrogens is 320 g/mol. The van der Waals surface area contributed by atoms with Crippen LogP contribution in [-0.2, 0) is 14.8 Å². The first-order valence-corrected chi connectivity index (χ1v) is 8.35. The van der Waals surface area contributed by atoms with Crippen LogP contribution < -0.4 is 9.62 Å². The summed E-state index contributed by atoms with van der Waals surface area (Å²) in [7, 11) is -3.70. The fourth-order valence-electron chi connectivity index (χ4n) is 1.80. The summed E-state index contributed by atoms with van der Waals surface area (Å²) in [5, 5.41) is 14.9. The summed E-state index contributed by atoms with van der Waals surface area (Å²) in [5.74, 6) is -0.0677. The number of aryl methyl sites for hydroxylation is 1. The number of benzene rings is 1. The van der Waals surface area contributed by atoms with Gasteiger partial charge in [-0.3, -0.25) is 4.79 Å². The number of aromatic nitrogens is 1. The Hall–Kier alpha value is -2.86. The number of nitriles is 1. The van der Waals surface area contributed by atoms with Crippen molar-refractivity contribution in [2.75, 3.05) is 22.4 Å². The summed E-state index contributed by atoms with van der Waals surface area (Å²) in [4.78, 5) is 12.1. The Morgan fingerprint density at radius 3 is 2.52 bits per heavy atom. The summed E-state index contributed by atoms with van der Waals surface area (Å²) in [5.41, 5.74) is 0.914. The molecule has 1 amide bonds. The second-order valence-corrected chi connectivity index (χ2v) is 6.71. The molecule has 0 saturated carbocycles. The van der Waals surface area contributed by atoms with Gasteiger partial charge in [-0.1, -0.05) is 5.16 Å². The first kappa shape index (κ1) is 16.5. The average molecular weight is 334 g/mol. The minimum absolute atomic E-state index is 0.0416. The summed E-state index contributed by atoms with van der Waals surface area (Å²) in [6, 6.07) is 9.60. The van der Waals surface area contributed by atoms with Crippen LogP contribution >= 0.6 is 0 Å². The van der Waals surface area contributed by atoms with E-state index in [1.165, 1.54) is 6.07 Å². The Morgan fingerprint density at radius 2 is 2.04 bits per heavy atom. The average Bonchev–Trinajstić information content (AvgIpc) is 2.90. The van der Waals surface area contributed by atoms with E-state index in [1.54, 1.807) is 31.2 Å². The van der Waals surface area contributed by atoms with Gasteiger partial charge in [0.1, 0.15) is 12.3 Å². The Morgan fingerprint density at radius 1 is 1.39 bits per heavy atom. The van der Waals surface area contributed by atoms with Gasteiger partial charge in [0.25, 0.3) is 0 Å². The van der Waals surface area contributed by atoms with Crippen molar-refractivity contribution in [1.29, 1.82) is 5.26 Å². The summed E-state index contributed by atoms with van der Waals surface area (Å²) < 4.78 is 29.4. The van der Waals surface area contributed by atoms with Crippen molar-refractivity contribution in [3.05, 3.63) is 41.7 Å². The van der Waals surface area contributed by atoms with Crippen molar-refractivity contribution < 1.29 is 17.7 Å². The summed E-state index contributed by atoms with van der Waals surface area (Å²) in [6.45, 7) is 1.18. The van der Waals surface area contributed by atoms with Crippen LogP contribution in [0, 0.1) is 18.3 Å². The van der Waals surface area contributed by atoms with Crippen LogP contribution in [0.2, 0.25) is 0 Å². The lowest BCUT2D eigenvalue weighted by Gasteiger charge is -2.18. The number of rotatable bonds is 5. The lowest BCUT2D eigenvalue weighted by molar-refractivity contribution is -0.114. The smallest absolute Gasteiger partial charge is 0.245 e. The van der Waals surface area contributed by atoms with Crippen molar-refractivity contribution in [2.24, 2.45) is 0 Å². The number of carbonyl (C=O) groups excluding carboxylic acids is 1. The number of amides is 1. The minimum Gasteiger partial charge on any atom is -0.360 e. The standard InChI is InChI=1S/C14H14N4O4S/c1-10-7-13(17-22-10)18(23(2,20)21)9-14(19)16-12-5-3-11(8-15)4-6-12/h3-7H,9H2,1-2H3,(H,16,19). The zero-order chi connectivity index (χ0) is 17.0. The van der Waals surface area contributed by atoms with Crippen molar-refractivity contribution in [3.8, 4) is 6.07 Å². The molecule has 0 unspecified atom stereocenters. The molecule has 1 aromatic carbocycles. The predicted molar refractivity (Wildman–Crippen MR) is 83.2 cm³/mol. The maximum absolute atomic E-state index is 12.1. The Bertz CT molecular complexity index is 850. The van der Waals surface area contributed by atoms with E-state index in [9.17, 15) is 13.2 Å². The highest BCUT2D eigenvalue weighted by Gasteiger charge is 2.23. The van der Waals surface area contributed by atoms with Gasteiger partial charge in [-0.15, -0.1) is 0 Å². The van der Waals surface area contributed by atoms with E-state index in [0.717, 1.165) is 10.6 Å². The molecule has 120 valence electrons. The van der Waals surface area contributed by atoms with Gasteiger partial charge in [-0.25, -0.2) is 12.7 Å². The monoisotopic (exact) mass is 334 g/mol. The molecule has 1 N–H and O–H groups in total. The van der Waals surface area contributed by atoms with Crippen molar-refractivity contribution in [1.82, 2.24) is 5.16 Å². The normalized spacial score (nSPS) is 10.8. The summed E-state index contributed by atoms with van der Waals surface area (Å²) >= 11 is 0. The molecule has 0 atom stereocenters. The number of anilines is 2. The molecule has 8 nitrogen and oxygen atoms in total. The molecule has 0 spiro atoms. The molecule has 2 aromatic rings. The lowest BCUT2D eigenvalue weighted by Crippen LogP contribution is -2.37. The molecule has 1 aromatic heterocycles. The zero-order valence-corrected chi connectivity index (χ0v) is 13.3. The van der Waals surface area contributed by atoms with Gasteiger partial charge in [-0.05, 0) is 31.2 Å². The molecule has 1 heterocycles. The van der Waals surface area contributed by atoms with E-state index >= 15 is 0 Å². The van der Waals surface area contributed by atoms with Gasteiger partial charge in [0.05, 0.1) is 17.9 Å². The Labute approximate surface area is 133 Å². The summed E-state index contributed by atoms with van der Waals surface area (Å²) in [6.07, 6.45) is 0.978. The van der Waals surface area contributed by atoms with Gasteiger partial charge in [-0.2, -0.15) is 5.26 Å². The first-order valence-electron chi connectivity index (χ1n) is 6.50. The number of nitrogens with zero attached hydrogens (tertiary/aromatic N) is 3. The number of carbonyl (C=O) groups is 1. The number of hydrogen-bond donors (Lipinski definition) is 1. The molecule has 0 aliphatic carbocycles. The van der Waals surface area contributed by atoms with Crippen LogP contribution in [0.5, 0.6) is 0 Å². The van der Waals surface area contributed by atoms with Crippen LogP contribution in [0.4, 0.5) is 11.5 Å². The Kier molecular flexibility index (Phi) is 4.66. The van der Waals surface area contributed by atoms with Crippen molar-refractivity contribution >= 4 is 27.4 Å².